The Kier molecular flexibility index (Phi) is 3.70. The monoisotopic (exact) mass is 182 g/mol. The van der Waals surface area contributed by atoms with E-state index in [-0.39, 0.29) is 11.8 Å². The molecule has 0 saturated carbocycles. The standard InChI is InChI=1S/C8H14N4O/c1-6(13)7(9-2)3-4-8-10-5-11-12-8/h7,9H,3-5H2,1-2H3. The number of amidine groups is 1. The van der Waals surface area contributed by atoms with Crippen molar-refractivity contribution in [2.45, 2.75) is 25.8 Å². The van der Waals surface area contributed by atoms with Gasteiger partial charge in [-0.25, -0.2) is 4.99 Å². The summed E-state index contributed by atoms with van der Waals surface area (Å²) < 4.78 is 0. The Morgan fingerprint density at radius 2 is 2.46 bits per heavy atom. The van der Waals surface area contributed by atoms with E-state index in [1.165, 1.54) is 0 Å². The van der Waals surface area contributed by atoms with Crippen LogP contribution in [0.3, 0.4) is 0 Å². The minimum absolute atomic E-state index is 0.0847. The third-order valence-electron chi connectivity index (χ3n) is 2.00. The lowest BCUT2D eigenvalue weighted by molar-refractivity contribution is -0.118. The van der Waals surface area contributed by atoms with Gasteiger partial charge in [0.25, 0.3) is 0 Å². The largest absolute Gasteiger partial charge is 0.311 e. The van der Waals surface area contributed by atoms with Gasteiger partial charge in [0, 0.05) is 6.42 Å². The molecule has 0 spiro atoms. The Morgan fingerprint density at radius 3 is 2.92 bits per heavy atom. The van der Waals surface area contributed by atoms with Crippen molar-refractivity contribution in [1.29, 1.82) is 0 Å². The number of carbonyl (C=O) groups is 1. The van der Waals surface area contributed by atoms with Gasteiger partial charge < -0.3 is 5.32 Å². The molecule has 0 aromatic heterocycles. The van der Waals surface area contributed by atoms with Crippen LogP contribution in [-0.2, 0) is 4.79 Å². The molecule has 1 rings (SSSR count). The Hall–Kier alpha value is -1.10. The quantitative estimate of drug-likeness (QED) is 0.682. The third kappa shape index (κ3) is 3.02. The summed E-state index contributed by atoms with van der Waals surface area (Å²) in [4.78, 5) is 15.1. The molecule has 72 valence electrons. The van der Waals surface area contributed by atoms with E-state index in [4.69, 9.17) is 0 Å². The molecule has 1 aliphatic heterocycles. The van der Waals surface area contributed by atoms with Gasteiger partial charge in [0.15, 0.2) is 6.67 Å². The summed E-state index contributed by atoms with van der Waals surface area (Å²) >= 11 is 0. The van der Waals surface area contributed by atoms with Gasteiger partial charge >= 0.3 is 0 Å². The molecular formula is C8H14N4O. The van der Waals surface area contributed by atoms with Gasteiger partial charge in [-0.15, -0.1) is 5.11 Å². The van der Waals surface area contributed by atoms with Crippen LogP contribution in [0.2, 0.25) is 0 Å². The number of rotatable bonds is 5. The van der Waals surface area contributed by atoms with E-state index in [1.807, 2.05) is 0 Å². The molecule has 1 aliphatic rings. The molecule has 0 bridgehead atoms. The normalized spacial score (nSPS) is 17.2. The third-order valence-corrected chi connectivity index (χ3v) is 2.00. The van der Waals surface area contributed by atoms with Crippen molar-refractivity contribution < 1.29 is 4.79 Å². The second kappa shape index (κ2) is 4.81. The summed E-state index contributed by atoms with van der Waals surface area (Å²) in [5.41, 5.74) is 0. The molecule has 0 aliphatic carbocycles. The molecule has 0 radical (unpaired) electrons. The number of azo groups is 1. The molecule has 1 N–H and O–H groups in total. The van der Waals surface area contributed by atoms with Gasteiger partial charge in [0.05, 0.1) is 6.04 Å². The first-order valence-electron chi connectivity index (χ1n) is 4.32. The zero-order valence-corrected chi connectivity index (χ0v) is 7.95. The van der Waals surface area contributed by atoms with Crippen molar-refractivity contribution in [2.75, 3.05) is 13.7 Å². The molecule has 1 unspecified atom stereocenters. The Labute approximate surface area is 77.3 Å². The van der Waals surface area contributed by atoms with Crippen molar-refractivity contribution in [1.82, 2.24) is 5.32 Å². The molecule has 0 saturated heterocycles. The smallest absolute Gasteiger partial charge is 0.152 e. The van der Waals surface area contributed by atoms with Crippen LogP contribution in [0.1, 0.15) is 19.8 Å². The van der Waals surface area contributed by atoms with E-state index in [0.717, 1.165) is 12.3 Å². The van der Waals surface area contributed by atoms with E-state index in [1.54, 1.807) is 14.0 Å². The van der Waals surface area contributed by atoms with Crippen molar-refractivity contribution in [3.05, 3.63) is 0 Å². The molecule has 5 heteroatoms. The van der Waals surface area contributed by atoms with Crippen LogP contribution in [0.25, 0.3) is 0 Å². The van der Waals surface area contributed by atoms with E-state index < -0.39 is 0 Å². The zero-order chi connectivity index (χ0) is 9.68. The molecule has 0 fully saturated rings. The van der Waals surface area contributed by atoms with Crippen molar-refractivity contribution in [3.63, 3.8) is 0 Å². The predicted molar refractivity (Wildman–Crippen MR) is 49.9 cm³/mol. The zero-order valence-electron chi connectivity index (χ0n) is 7.95. The minimum Gasteiger partial charge on any atom is -0.311 e. The average Bonchev–Trinajstić information content (AvgIpc) is 2.57. The summed E-state index contributed by atoms with van der Waals surface area (Å²) in [5.74, 6) is 0.902. The summed E-state index contributed by atoms with van der Waals surface area (Å²) in [6.45, 7) is 2.03. The maximum Gasteiger partial charge on any atom is 0.152 e. The number of ketones is 1. The first-order chi connectivity index (χ1) is 6.24. The van der Waals surface area contributed by atoms with Gasteiger partial charge in [-0.3, -0.25) is 4.79 Å². The van der Waals surface area contributed by atoms with Gasteiger partial charge in [-0.1, -0.05) is 0 Å². The van der Waals surface area contributed by atoms with E-state index in [0.29, 0.717) is 13.1 Å². The predicted octanol–water partition coefficient (Wildman–Crippen LogP) is 0.765. The van der Waals surface area contributed by atoms with Gasteiger partial charge in [-0.2, -0.15) is 5.11 Å². The first-order valence-corrected chi connectivity index (χ1v) is 4.32. The molecule has 0 aromatic carbocycles. The highest BCUT2D eigenvalue weighted by Crippen LogP contribution is 2.05. The second-order valence-electron chi connectivity index (χ2n) is 2.95. The number of Topliss-reactive ketones (excluding diaryl/α,β-unsaturated/α-hetero) is 1. The number of nitrogens with zero attached hydrogens (tertiary/aromatic N) is 3. The maximum atomic E-state index is 11.0. The molecule has 1 heterocycles. The van der Waals surface area contributed by atoms with E-state index >= 15 is 0 Å². The van der Waals surface area contributed by atoms with Gasteiger partial charge in [0.2, 0.25) is 0 Å². The number of hydrogen-bond donors (Lipinski definition) is 1. The van der Waals surface area contributed by atoms with Crippen LogP contribution in [0.4, 0.5) is 0 Å². The summed E-state index contributed by atoms with van der Waals surface area (Å²) in [7, 11) is 1.78. The van der Waals surface area contributed by atoms with Crippen molar-refractivity contribution >= 4 is 11.6 Å². The molecule has 0 amide bonds. The lowest BCUT2D eigenvalue weighted by atomic mass is 10.1. The molecular weight excluding hydrogens is 168 g/mol. The molecule has 13 heavy (non-hydrogen) atoms. The summed E-state index contributed by atoms with van der Waals surface area (Å²) in [5, 5.41) is 10.5. The van der Waals surface area contributed by atoms with Gasteiger partial charge in [0.1, 0.15) is 11.6 Å². The van der Waals surface area contributed by atoms with Gasteiger partial charge in [-0.05, 0) is 20.4 Å². The highest BCUT2D eigenvalue weighted by Gasteiger charge is 2.13. The summed E-state index contributed by atoms with van der Waals surface area (Å²) in [6, 6.07) is -0.0847. The van der Waals surface area contributed by atoms with Crippen LogP contribution in [0.15, 0.2) is 15.2 Å². The molecule has 5 nitrogen and oxygen atoms in total. The number of likely N-dealkylation sites (N-methyl/N-ethyl adjacent to an activating group) is 1. The topological polar surface area (TPSA) is 66.2 Å². The maximum absolute atomic E-state index is 11.0. The van der Waals surface area contributed by atoms with E-state index in [2.05, 4.69) is 20.5 Å². The molecule has 1 atom stereocenters. The number of nitrogens with one attached hydrogen (secondary N) is 1. The highest BCUT2D eigenvalue weighted by atomic mass is 16.1. The van der Waals surface area contributed by atoms with Crippen LogP contribution in [0.5, 0.6) is 0 Å². The van der Waals surface area contributed by atoms with Crippen LogP contribution >= 0.6 is 0 Å². The van der Waals surface area contributed by atoms with Crippen LogP contribution < -0.4 is 5.32 Å². The fourth-order valence-electron chi connectivity index (χ4n) is 1.21. The molecule has 0 aromatic rings. The van der Waals surface area contributed by atoms with Crippen molar-refractivity contribution in [2.24, 2.45) is 15.2 Å². The average molecular weight is 182 g/mol. The Balaban J connectivity index is 2.31. The SMILES string of the molecule is CNC(CCC1=NCN=N1)C(C)=O. The number of carbonyl (C=O) groups excluding carboxylic acids is 1. The fourth-order valence-corrected chi connectivity index (χ4v) is 1.21. The first kappa shape index (κ1) is 9.98. The lowest BCUT2D eigenvalue weighted by Crippen LogP contribution is -2.32. The van der Waals surface area contributed by atoms with Crippen molar-refractivity contribution in [3.8, 4) is 0 Å². The lowest BCUT2D eigenvalue weighted by Gasteiger charge is -2.10. The van der Waals surface area contributed by atoms with Crippen LogP contribution in [-0.4, -0.2) is 31.4 Å². The number of aliphatic imine (C=N–C) groups is 1. The Morgan fingerprint density at radius 1 is 1.69 bits per heavy atom. The highest BCUT2D eigenvalue weighted by molar-refractivity contribution is 5.85. The summed E-state index contributed by atoms with van der Waals surface area (Å²) in [6.07, 6.45) is 1.46. The Bertz CT molecular complexity index is 247. The van der Waals surface area contributed by atoms with E-state index in [9.17, 15) is 4.79 Å². The van der Waals surface area contributed by atoms with Crippen LogP contribution in [0, 0.1) is 0 Å². The minimum atomic E-state index is -0.0847. The fraction of sp³-hybridized carbons (Fsp3) is 0.750. The second-order valence-corrected chi connectivity index (χ2v) is 2.95. The number of hydrogen-bond acceptors (Lipinski definition) is 5.